The molecular weight excluding hydrogens is 199 g/mol. The number of allylic oxidation sites excluding steroid dienone is 1. The maximum atomic E-state index is 10.7. The fourth-order valence-corrected chi connectivity index (χ4v) is 1.39. The average molecular weight is 209 g/mol. The number of carboxylic acid groups (broad SMARTS) is 1. The summed E-state index contributed by atoms with van der Waals surface area (Å²) in [4.78, 5) is 10.7. The molecule has 0 aromatic heterocycles. The first kappa shape index (κ1) is 9.87. The van der Waals surface area contributed by atoms with E-state index < -0.39 is 5.97 Å². The molecule has 0 aromatic rings. The molecule has 0 amide bonds. The summed E-state index contributed by atoms with van der Waals surface area (Å²) in [7, 11) is 0. The van der Waals surface area contributed by atoms with Crippen molar-refractivity contribution in [2.24, 2.45) is 11.8 Å². The van der Waals surface area contributed by atoms with Crippen LogP contribution in [0.1, 0.15) is 19.3 Å². The van der Waals surface area contributed by atoms with Crippen LogP contribution in [0.4, 0.5) is 0 Å². The summed E-state index contributed by atoms with van der Waals surface area (Å²) in [6.07, 6.45) is 4.04. The predicted molar refractivity (Wildman–Crippen MR) is 48.3 cm³/mol. The minimum Gasteiger partial charge on any atom is -0.481 e. The van der Waals surface area contributed by atoms with Gasteiger partial charge in [0.05, 0.1) is 5.92 Å². The Hall–Kier alpha value is -0.210. The molecule has 1 rings (SSSR count). The molecule has 12 heavy (non-hydrogen) atoms. The zero-order valence-electron chi connectivity index (χ0n) is 6.46. The molecule has 1 saturated carbocycles. The lowest BCUT2D eigenvalue weighted by Crippen LogP contribution is -2.14. The summed E-state index contributed by atoms with van der Waals surface area (Å²) in [5.41, 5.74) is 0. The largest absolute Gasteiger partial charge is 0.481 e. The van der Waals surface area contributed by atoms with Crippen molar-refractivity contribution in [3.63, 3.8) is 0 Å². The van der Waals surface area contributed by atoms with Crippen LogP contribution in [0.15, 0.2) is 10.6 Å². The van der Waals surface area contributed by atoms with Gasteiger partial charge in [-0.1, -0.05) is 29.3 Å². The standard InChI is InChI=1S/C8H10Cl2O2/c9-7(10)4-3-6(8(11)12)5-1-2-5/h4-6H,1-3H2,(H,11,12). The van der Waals surface area contributed by atoms with E-state index >= 15 is 0 Å². The van der Waals surface area contributed by atoms with Crippen LogP contribution in [0.2, 0.25) is 0 Å². The third kappa shape index (κ3) is 3.03. The molecule has 4 heteroatoms. The Morgan fingerprint density at radius 2 is 2.17 bits per heavy atom. The summed E-state index contributed by atoms with van der Waals surface area (Å²) < 4.78 is 0.155. The number of aliphatic carboxylic acids is 1. The van der Waals surface area contributed by atoms with E-state index in [2.05, 4.69) is 0 Å². The summed E-state index contributed by atoms with van der Waals surface area (Å²) in [5, 5.41) is 8.78. The molecule has 0 aromatic carbocycles. The van der Waals surface area contributed by atoms with Gasteiger partial charge in [-0.2, -0.15) is 0 Å². The molecule has 1 fully saturated rings. The van der Waals surface area contributed by atoms with E-state index in [4.69, 9.17) is 28.3 Å². The number of hydrogen-bond donors (Lipinski definition) is 1. The van der Waals surface area contributed by atoms with Crippen LogP contribution in [-0.2, 0) is 4.79 Å². The Bertz CT molecular complexity index is 205. The lowest BCUT2D eigenvalue weighted by atomic mass is 10.0. The van der Waals surface area contributed by atoms with Crippen molar-refractivity contribution in [1.82, 2.24) is 0 Å². The van der Waals surface area contributed by atoms with E-state index in [1.807, 2.05) is 0 Å². The highest BCUT2D eigenvalue weighted by atomic mass is 35.5. The molecular formula is C8H10Cl2O2. The Labute approximate surface area is 81.2 Å². The van der Waals surface area contributed by atoms with Crippen molar-refractivity contribution in [2.45, 2.75) is 19.3 Å². The van der Waals surface area contributed by atoms with Crippen molar-refractivity contribution in [3.8, 4) is 0 Å². The van der Waals surface area contributed by atoms with E-state index in [0.29, 0.717) is 12.3 Å². The fraction of sp³-hybridized carbons (Fsp3) is 0.625. The third-order valence-electron chi connectivity index (χ3n) is 2.03. The van der Waals surface area contributed by atoms with Crippen LogP contribution in [0.5, 0.6) is 0 Å². The van der Waals surface area contributed by atoms with Crippen molar-refractivity contribution < 1.29 is 9.90 Å². The van der Waals surface area contributed by atoms with Crippen LogP contribution >= 0.6 is 23.2 Å². The Kier molecular flexibility index (Phi) is 3.41. The maximum Gasteiger partial charge on any atom is 0.307 e. The first-order valence-corrected chi connectivity index (χ1v) is 4.61. The highest BCUT2D eigenvalue weighted by molar-refractivity contribution is 6.55. The smallest absolute Gasteiger partial charge is 0.307 e. The molecule has 1 unspecified atom stereocenters. The number of carbonyl (C=O) groups is 1. The van der Waals surface area contributed by atoms with E-state index in [-0.39, 0.29) is 10.4 Å². The van der Waals surface area contributed by atoms with Gasteiger partial charge in [0, 0.05) is 0 Å². The molecule has 1 N–H and O–H groups in total. The zero-order valence-corrected chi connectivity index (χ0v) is 7.98. The fourth-order valence-electron chi connectivity index (χ4n) is 1.21. The van der Waals surface area contributed by atoms with Gasteiger partial charge in [0.2, 0.25) is 0 Å². The lowest BCUT2D eigenvalue weighted by molar-refractivity contribution is -0.142. The SMILES string of the molecule is O=C(O)C(CC=C(Cl)Cl)C1CC1. The molecule has 0 heterocycles. The monoisotopic (exact) mass is 208 g/mol. The number of rotatable bonds is 4. The molecule has 0 spiro atoms. The number of carboxylic acids is 1. The highest BCUT2D eigenvalue weighted by Gasteiger charge is 2.35. The second kappa shape index (κ2) is 4.15. The van der Waals surface area contributed by atoms with Gasteiger partial charge < -0.3 is 5.11 Å². The second-order valence-electron chi connectivity index (χ2n) is 3.01. The first-order chi connectivity index (χ1) is 5.61. The molecule has 0 aliphatic heterocycles. The molecule has 2 nitrogen and oxygen atoms in total. The van der Waals surface area contributed by atoms with Crippen LogP contribution in [0, 0.1) is 11.8 Å². The van der Waals surface area contributed by atoms with Crippen molar-refractivity contribution in [1.29, 1.82) is 0 Å². The van der Waals surface area contributed by atoms with Crippen LogP contribution < -0.4 is 0 Å². The lowest BCUT2D eigenvalue weighted by Gasteiger charge is -2.06. The predicted octanol–water partition coefficient (Wildman–Crippen LogP) is 2.81. The normalized spacial score (nSPS) is 18.5. The molecule has 68 valence electrons. The zero-order chi connectivity index (χ0) is 9.14. The van der Waals surface area contributed by atoms with E-state index in [9.17, 15) is 4.79 Å². The Morgan fingerprint density at radius 3 is 2.50 bits per heavy atom. The Morgan fingerprint density at radius 1 is 1.58 bits per heavy atom. The third-order valence-corrected chi connectivity index (χ3v) is 2.34. The van der Waals surface area contributed by atoms with Crippen molar-refractivity contribution >= 4 is 29.2 Å². The summed E-state index contributed by atoms with van der Waals surface area (Å²) in [5.74, 6) is -0.702. The van der Waals surface area contributed by atoms with Gasteiger partial charge in [-0.05, 0) is 25.2 Å². The number of hydrogen-bond acceptors (Lipinski definition) is 1. The van der Waals surface area contributed by atoms with E-state index in [1.165, 1.54) is 0 Å². The highest BCUT2D eigenvalue weighted by Crippen LogP contribution is 2.39. The van der Waals surface area contributed by atoms with Gasteiger partial charge in [0.1, 0.15) is 4.49 Å². The summed E-state index contributed by atoms with van der Waals surface area (Å²) >= 11 is 10.8. The van der Waals surface area contributed by atoms with Crippen molar-refractivity contribution in [3.05, 3.63) is 10.6 Å². The molecule has 1 atom stereocenters. The quantitative estimate of drug-likeness (QED) is 0.772. The van der Waals surface area contributed by atoms with Crippen LogP contribution in [0.3, 0.4) is 0 Å². The van der Waals surface area contributed by atoms with Gasteiger partial charge in [0.25, 0.3) is 0 Å². The molecule has 0 radical (unpaired) electrons. The molecule has 0 saturated heterocycles. The van der Waals surface area contributed by atoms with Gasteiger partial charge in [-0.15, -0.1) is 0 Å². The van der Waals surface area contributed by atoms with Gasteiger partial charge >= 0.3 is 5.97 Å². The summed E-state index contributed by atoms with van der Waals surface area (Å²) in [6.45, 7) is 0. The number of halogens is 2. The average Bonchev–Trinajstić information content (AvgIpc) is 2.69. The summed E-state index contributed by atoms with van der Waals surface area (Å²) in [6, 6.07) is 0. The maximum absolute atomic E-state index is 10.7. The topological polar surface area (TPSA) is 37.3 Å². The Balaban J connectivity index is 2.43. The van der Waals surface area contributed by atoms with Crippen LogP contribution in [-0.4, -0.2) is 11.1 Å². The molecule has 1 aliphatic rings. The van der Waals surface area contributed by atoms with Gasteiger partial charge in [-0.3, -0.25) is 4.79 Å². The van der Waals surface area contributed by atoms with E-state index in [0.717, 1.165) is 12.8 Å². The van der Waals surface area contributed by atoms with Gasteiger partial charge in [0.15, 0.2) is 0 Å². The minimum atomic E-state index is -0.747. The first-order valence-electron chi connectivity index (χ1n) is 3.85. The second-order valence-corrected chi connectivity index (χ2v) is 4.02. The van der Waals surface area contributed by atoms with Gasteiger partial charge in [-0.25, -0.2) is 0 Å². The molecule has 0 bridgehead atoms. The van der Waals surface area contributed by atoms with E-state index in [1.54, 1.807) is 6.08 Å². The molecule has 1 aliphatic carbocycles. The van der Waals surface area contributed by atoms with Crippen molar-refractivity contribution in [2.75, 3.05) is 0 Å². The minimum absolute atomic E-state index is 0.155. The van der Waals surface area contributed by atoms with Crippen LogP contribution in [0.25, 0.3) is 0 Å².